The first-order valence-corrected chi connectivity index (χ1v) is 12.0. The minimum atomic E-state index is -0.595. The Morgan fingerprint density at radius 1 is 1.15 bits per heavy atom. The number of fused-ring (bicyclic) bond motifs is 2. The summed E-state index contributed by atoms with van der Waals surface area (Å²) in [6, 6.07) is 15.3. The molecule has 34 heavy (non-hydrogen) atoms. The number of para-hydroxylation sites is 1. The molecule has 2 aromatic heterocycles. The van der Waals surface area contributed by atoms with E-state index in [1.54, 1.807) is 18.4 Å². The highest BCUT2D eigenvalue weighted by Gasteiger charge is 2.33. The van der Waals surface area contributed by atoms with Gasteiger partial charge in [0.2, 0.25) is 0 Å². The lowest BCUT2D eigenvalue weighted by Gasteiger charge is -2.24. The fourth-order valence-electron chi connectivity index (χ4n) is 4.47. The molecular formula is C27H25N3O3S. The molecule has 0 amide bonds. The van der Waals surface area contributed by atoms with Crippen LogP contribution in [0.25, 0.3) is 17.0 Å². The Morgan fingerprint density at radius 2 is 1.88 bits per heavy atom. The van der Waals surface area contributed by atoms with Gasteiger partial charge in [0.1, 0.15) is 0 Å². The number of carbonyl (C=O) groups is 1. The third kappa shape index (κ3) is 3.62. The van der Waals surface area contributed by atoms with Gasteiger partial charge in [0.15, 0.2) is 4.80 Å². The monoisotopic (exact) mass is 471 g/mol. The molecule has 0 radical (unpaired) electrons. The number of rotatable bonds is 4. The Balaban J connectivity index is 1.76. The zero-order chi connectivity index (χ0) is 24.0. The van der Waals surface area contributed by atoms with E-state index < -0.39 is 12.0 Å². The van der Waals surface area contributed by atoms with Gasteiger partial charge < -0.3 is 9.72 Å². The van der Waals surface area contributed by atoms with E-state index in [0.29, 0.717) is 20.6 Å². The highest BCUT2D eigenvalue weighted by Crippen LogP contribution is 2.31. The Hall–Kier alpha value is -3.71. The van der Waals surface area contributed by atoms with E-state index in [2.05, 4.69) is 9.98 Å². The summed E-state index contributed by atoms with van der Waals surface area (Å²) in [6.07, 6.45) is 1.92. The quantitative estimate of drug-likeness (QED) is 0.459. The second-order valence-electron chi connectivity index (χ2n) is 8.42. The third-order valence-corrected chi connectivity index (χ3v) is 7.11. The topological polar surface area (TPSA) is 76.4 Å². The number of allylic oxidation sites excluding steroid dienone is 1. The molecular weight excluding hydrogens is 446 g/mol. The largest absolute Gasteiger partial charge is 0.463 e. The minimum absolute atomic E-state index is 0.173. The van der Waals surface area contributed by atoms with E-state index in [1.807, 2.05) is 68.5 Å². The van der Waals surface area contributed by atoms with Gasteiger partial charge in [-0.15, -0.1) is 0 Å². The van der Waals surface area contributed by atoms with Crippen LogP contribution in [0.1, 0.15) is 42.3 Å². The first-order chi connectivity index (χ1) is 16.4. The van der Waals surface area contributed by atoms with E-state index in [1.165, 1.54) is 11.3 Å². The molecule has 1 atom stereocenters. The molecule has 1 N–H and O–H groups in total. The number of carbonyl (C=O) groups excluding carboxylic acids is 1. The molecule has 0 aliphatic carbocycles. The molecule has 5 rings (SSSR count). The molecule has 4 aromatic rings. The van der Waals surface area contributed by atoms with Gasteiger partial charge in [0.25, 0.3) is 5.56 Å². The summed E-state index contributed by atoms with van der Waals surface area (Å²) in [6.45, 7) is 7.83. The van der Waals surface area contributed by atoms with Crippen LogP contribution in [-0.2, 0) is 9.53 Å². The number of nitrogens with zero attached hydrogens (tertiary/aromatic N) is 2. The van der Waals surface area contributed by atoms with Crippen molar-refractivity contribution in [1.29, 1.82) is 0 Å². The molecule has 0 saturated heterocycles. The van der Waals surface area contributed by atoms with E-state index in [-0.39, 0.29) is 12.2 Å². The average molecular weight is 472 g/mol. The molecule has 0 spiro atoms. The van der Waals surface area contributed by atoms with Crippen LogP contribution >= 0.6 is 11.3 Å². The summed E-state index contributed by atoms with van der Waals surface area (Å²) < 4.78 is 7.56. The molecule has 3 heterocycles. The van der Waals surface area contributed by atoms with Gasteiger partial charge in [-0.1, -0.05) is 59.4 Å². The lowest BCUT2D eigenvalue weighted by molar-refractivity contribution is -0.139. The number of aromatic amines is 1. The maximum atomic E-state index is 13.8. The van der Waals surface area contributed by atoms with E-state index >= 15 is 0 Å². The van der Waals surface area contributed by atoms with Crippen molar-refractivity contribution in [3.8, 4) is 0 Å². The fourth-order valence-corrected chi connectivity index (χ4v) is 5.50. The number of esters is 1. The second kappa shape index (κ2) is 8.57. The Bertz CT molecular complexity index is 1640. The van der Waals surface area contributed by atoms with Crippen molar-refractivity contribution in [3.63, 3.8) is 0 Å². The number of H-pyrrole nitrogens is 1. The maximum absolute atomic E-state index is 13.8. The Morgan fingerprint density at radius 3 is 2.62 bits per heavy atom. The first-order valence-electron chi connectivity index (χ1n) is 11.2. The predicted octanol–water partition coefficient (Wildman–Crippen LogP) is 3.90. The summed E-state index contributed by atoms with van der Waals surface area (Å²) in [4.78, 5) is 35.3. The smallest absolute Gasteiger partial charge is 0.338 e. The molecule has 0 unspecified atom stereocenters. The number of hydrogen-bond donors (Lipinski definition) is 1. The number of nitrogens with one attached hydrogen (secondary N) is 1. The van der Waals surface area contributed by atoms with Gasteiger partial charge in [0, 0.05) is 22.2 Å². The lowest BCUT2D eigenvalue weighted by atomic mass is 9.95. The predicted molar refractivity (Wildman–Crippen MR) is 135 cm³/mol. The van der Waals surface area contributed by atoms with Crippen LogP contribution < -0.4 is 14.9 Å². The van der Waals surface area contributed by atoms with Crippen molar-refractivity contribution in [2.75, 3.05) is 6.61 Å². The highest BCUT2D eigenvalue weighted by molar-refractivity contribution is 7.07. The molecule has 1 aliphatic heterocycles. The third-order valence-electron chi connectivity index (χ3n) is 6.13. The van der Waals surface area contributed by atoms with Crippen LogP contribution in [0, 0.1) is 13.8 Å². The summed E-state index contributed by atoms with van der Waals surface area (Å²) >= 11 is 1.34. The van der Waals surface area contributed by atoms with Crippen molar-refractivity contribution in [2.24, 2.45) is 4.99 Å². The van der Waals surface area contributed by atoms with Crippen LogP contribution in [0.15, 0.2) is 69.6 Å². The first kappa shape index (κ1) is 22.1. The number of benzene rings is 2. The average Bonchev–Trinajstić information content (AvgIpc) is 3.29. The standard InChI is InChI=1S/C27H25N3O3S/c1-5-33-26(32)23-17(4)29-27-30(24(23)18-12-10-15(2)11-13-18)25(31)22(34-27)14-20-16(3)28-21-9-7-6-8-19(20)21/h6-14,24,28H,5H2,1-4H3/b22-14+/t24-/m1/s1. The lowest BCUT2D eigenvalue weighted by Crippen LogP contribution is -2.39. The van der Waals surface area contributed by atoms with Gasteiger partial charge >= 0.3 is 5.97 Å². The van der Waals surface area contributed by atoms with Gasteiger partial charge in [-0.05, 0) is 45.4 Å². The SMILES string of the molecule is CCOC(=O)C1=C(C)N=c2s/c(=C/c3c(C)[nH]c4ccccc34)c(=O)n2[C@@H]1c1ccc(C)cc1. The van der Waals surface area contributed by atoms with Gasteiger partial charge in [0.05, 0.1) is 28.5 Å². The van der Waals surface area contributed by atoms with Crippen molar-refractivity contribution < 1.29 is 9.53 Å². The van der Waals surface area contributed by atoms with Crippen molar-refractivity contribution >= 4 is 34.3 Å². The molecule has 2 aromatic carbocycles. The number of aryl methyl sites for hydroxylation is 2. The van der Waals surface area contributed by atoms with E-state index in [9.17, 15) is 9.59 Å². The highest BCUT2D eigenvalue weighted by atomic mass is 32.1. The fraction of sp³-hybridized carbons (Fsp3) is 0.222. The van der Waals surface area contributed by atoms with Crippen molar-refractivity contribution in [1.82, 2.24) is 9.55 Å². The molecule has 7 heteroatoms. The zero-order valence-electron chi connectivity index (χ0n) is 19.5. The van der Waals surface area contributed by atoms with Crippen molar-refractivity contribution in [2.45, 2.75) is 33.7 Å². The van der Waals surface area contributed by atoms with Crippen LogP contribution in [0.2, 0.25) is 0 Å². The molecule has 1 aliphatic rings. The van der Waals surface area contributed by atoms with Crippen LogP contribution in [0.4, 0.5) is 0 Å². The van der Waals surface area contributed by atoms with Crippen molar-refractivity contribution in [3.05, 3.63) is 102 Å². The Kier molecular flexibility index (Phi) is 5.57. The summed E-state index contributed by atoms with van der Waals surface area (Å²) in [5, 5.41) is 1.06. The zero-order valence-corrected chi connectivity index (χ0v) is 20.3. The summed E-state index contributed by atoms with van der Waals surface area (Å²) in [7, 11) is 0. The number of aromatic nitrogens is 2. The van der Waals surface area contributed by atoms with Gasteiger partial charge in [-0.2, -0.15) is 0 Å². The summed E-state index contributed by atoms with van der Waals surface area (Å²) in [5.41, 5.74) is 5.74. The minimum Gasteiger partial charge on any atom is -0.463 e. The normalized spacial score (nSPS) is 16.0. The maximum Gasteiger partial charge on any atom is 0.338 e. The number of hydrogen-bond acceptors (Lipinski definition) is 5. The second-order valence-corrected chi connectivity index (χ2v) is 9.43. The molecule has 0 bridgehead atoms. The molecule has 0 fully saturated rings. The Labute approximate surface area is 200 Å². The van der Waals surface area contributed by atoms with Crippen LogP contribution in [0.5, 0.6) is 0 Å². The van der Waals surface area contributed by atoms with Gasteiger partial charge in [-0.25, -0.2) is 9.79 Å². The summed E-state index contributed by atoms with van der Waals surface area (Å²) in [5.74, 6) is -0.448. The van der Waals surface area contributed by atoms with E-state index in [0.717, 1.165) is 33.3 Å². The van der Waals surface area contributed by atoms with Crippen LogP contribution in [-0.4, -0.2) is 22.1 Å². The molecule has 172 valence electrons. The van der Waals surface area contributed by atoms with Gasteiger partial charge in [-0.3, -0.25) is 9.36 Å². The van der Waals surface area contributed by atoms with E-state index in [4.69, 9.17) is 4.74 Å². The molecule has 6 nitrogen and oxygen atoms in total. The number of thiazole rings is 1. The van der Waals surface area contributed by atoms with Crippen LogP contribution in [0.3, 0.4) is 0 Å². The number of ether oxygens (including phenoxy) is 1. The molecule has 0 saturated carbocycles.